The van der Waals surface area contributed by atoms with Crippen LogP contribution in [0, 0.1) is 5.92 Å². The number of imide groups is 1. The first kappa shape index (κ1) is 23.1. The maximum atomic E-state index is 12.8. The fourth-order valence-electron chi connectivity index (χ4n) is 4.01. The summed E-state index contributed by atoms with van der Waals surface area (Å²) < 4.78 is 10.8. The summed E-state index contributed by atoms with van der Waals surface area (Å²) in [4.78, 5) is 51.3. The lowest BCUT2D eigenvalue weighted by atomic mass is 9.96. The molecule has 2 fully saturated rings. The fraction of sp³-hybridized carbons (Fsp3) is 0.333. The van der Waals surface area contributed by atoms with Crippen molar-refractivity contribution in [3.8, 4) is 11.5 Å². The Labute approximate surface area is 196 Å². The molecule has 0 radical (unpaired) electrons. The predicted octanol–water partition coefficient (Wildman–Crippen LogP) is 2.62. The molecule has 2 aliphatic rings. The zero-order chi connectivity index (χ0) is 24.5. The fourth-order valence-corrected chi connectivity index (χ4v) is 4.01. The molecule has 2 aromatic carbocycles. The van der Waals surface area contributed by atoms with E-state index < -0.39 is 29.9 Å². The van der Waals surface area contributed by atoms with Crippen LogP contribution in [-0.2, 0) is 9.59 Å². The number of carbonyl (C=O) groups excluding carboxylic acids is 4. The molecule has 1 saturated heterocycles. The molecule has 1 aliphatic carbocycles. The maximum absolute atomic E-state index is 12.8. The highest BCUT2D eigenvalue weighted by Crippen LogP contribution is 2.42. The van der Waals surface area contributed by atoms with Gasteiger partial charge in [0.15, 0.2) is 0 Å². The number of nitrogens with one attached hydrogen (secondary N) is 3. The largest absolute Gasteiger partial charge is 0.494 e. The average molecular weight is 466 g/mol. The average Bonchev–Trinajstić information content (AvgIpc) is 3.66. The smallest absolute Gasteiger partial charge is 0.325 e. The lowest BCUT2D eigenvalue weighted by Crippen LogP contribution is -2.46. The van der Waals surface area contributed by atoms with Crippen LogP contribution in [0.3, 0.4) is 0 Å². The molecule has 0 bridgehead atoms. The Balaban J connectivity index is 1.49. The van der Waals surface area contributed by atoms with Gasteiger partial charge >= 0.3 is 6.03 Å². The first-order valence-corrected chi connectivity index (χ1v) is 10.8. The summed E-state index contributed by atoms with van der Waals surface area (Å²) in [5.74, 6) is -0.673. The van der Waals surface area contributed by atoms with Gasteiger partial charge in [-0.15, -0.1) is 0 Å². The molecule has 1 saturated carbocycles. The van der Waals surface area contributed by atoms with Crippen LogP contribution < -0.4 is 25.4 Å². The molecule has 10 heteroatoms. The van der Waals surface area contributed by atoms with Crippen LogP contribution in [0.5, 0.6) is 11.5 Å². The molecule has 5 amide bonds. The van der Waals surface area contributed by atoms with E-state index in [1.807, 2.05) is 6.07 Å². The van der Waals surface area contributed by atoms with Crippen molar-refractivity contribution in [1.29, 1.82) is 0 Å². The molecular formula is C24H26N4O6. The molecule has 178 valence electrons. The number of methoxy groups -OCH3 is 2. The van der Waals surface area contributed by atoms with E-state index in [0.29, 0.717) is 11.3 Å². The topological polar surface area (TPSA) is 126 Å². The number of nitrogens with zero attached hydrogens (tertiary/aromatic N) is 1. The van der Waals surface area contributed by atoms with Crippen molar-refractivity contribution in [2.45, 2.75) is 25.3 Å². The van der Waals surface area contributed by atoms with Crippen molar-refractivity contribution < 1.29 is 28.7 Å². The first-order valence-electron chi connectivity index (χ1n) is 10.8. The van der Waals surface area contributed by atoms with E-state index in [2.05, 4.69) is 16.0 Å². The molecule has 4 rings (SSSR count). The van der Waals surface area contributed by atoms with Crippen LogP contribution in [0.15, 0.2) is 42.5 Å². The van der Waals surface area contributed by atoms with Crippen LogP contribution in [0.4, 0.5) is 16.2 Å². The second kappa shape index (κ2) is 9.05. The minimum Gasteiger partial charge on any atom is -0.494 e. The molecule has 2 aromatic rings. The van der Waals surface area contributed by atoms with Crippen LogP contribution in [-0.4, -0.2) is 55.0 Å². The molecular weight excluding hydrogens is 440 g/mol. The van der Waals surface area contributed by atoms with Crippen LogP contribution in [0.25, 0.3) is 0 Å². The summed E-state index contributed by atoms with van der Waals surface area (Å²) in [5.41, 5.74) is 0.115. The van der Waals surface area contributed by atoms with E-state index in [1.165, 1.54) is 26.4 Å². The summed E-state index contributed by atoms with van der Waals surface area (Å²) in [5, 5.41) is 8.14. The highest BCUT2D eigenvalue weighted by Gasteiger charge is 2.56. The van der Waals surface area contributed by atoms with E-state index in [9.17, 15) is 19.2 Å². The Hall–Kier alpha value is -4.08. The summed E-state index contributed by atoms with van der Waals surface area (Å²) >= 11 is 0. The highest BCUT2D eigenvalue weighted by atomic mass is 16.5. The maximum Gasteiger partial charge on any atom is 0.325 e. The number of carbonyl (C=O) groups is 4. The van der Waals surface area contributed by atoms with Gasteiger partial charge in [0.1, 0.15) is 23.6 Å². The molecule has 3 N–H and O–H groups in total. The van der Waals surface area contributed by atoms with Gasteiger partial charge in [0.25, 0.3) is 11.8 Å². The molecule has 1 atom stereocenters. The monoisotopic (exact) mass is 466 g/mol. The SMILES string of the molecule is COc1cc(NC(=O)c2ccccc2)c(OC)cc1NC(=O)CN1C(=O)NC(C)(C2CC2)C1=O. The molecule has 10 nitrogen and oxygen atoms in total. The lowest BCUT2D eigenvalue weighted by Gasteiger charge is -2.21. The van der Waals surface area contributed by atoms with Crippen LogP contribution >= 0.6 is 0 Å². The number of hydrogen-bond donors (Lipinski definition) is 3. The molecule has 1 heterocycles. The standard InChI is InChI=1S/C24H26N4O6/c1-24(15-9-10-15)22(31)28(23(32)27-24)13-20(29)25-16-11-19(34-3)17(12-18(16)33-2)26-21(30)14-7-5-4-6-8-14/h4-8,11-12,15H,9-10,13H2,1-3H3,(H,25,29)(H,26,30)(H,27,32). The molecule has 1 unspecified atom stereocenters. The van der Waals surface area contributed by atoms with Crippen molar-refractivity contribution in [2.24, 2.45) is 5.92 Å². The van der Waals surface area contributed by atoms with Gasteiger partial charge < -0.3 is 25.4 Å². The predicted molar refractivity (Wildman–Crippen MR) is 124 cm³/mol. The quantitative estimate of drug-likeness (QED) is 0.514. The molecule has 34 heavy (non-hydrogen) atoms. The van der Waals surface area contributed by atoms with Gasteiger partial charge in [0.05, 0.1) is 25.6 Å². The van der Waals surface area contributed by atoms with Gasteiger partial charge in [0.2, 0.25) is 5.91 Å². The minimum absolute atomic E-state index is 0.0972. The zero-order valence-corrected chi connectivity index (χ0v) is 19.1. The van der Waals surface area contributed by atoms with Crippen LogP contribution in [0.2, 0.25) is 0 Å². The zero-order valence-electron chi connectivity index (χ0n) is 19.1. The first-order chi connectivity index (χ1) is 16.3. The van der Waals surface area contributed by atoms with Gasteiger partial charge in [0, 0.05) is 17.7 Å². The third kappa shape index (κ3) is 4.39. The van der Waals surface area contributed by atoms with Crippen LogP contribution in [0.1, 0.15) is 30.1 Å². The van der Waals surface area contributed by atoms with E-state index in [0.717, 1.165) is 17.7 Å². The Kier molecular flexibility index (Phi) is 6.14. The molecule has 1 aliphatic heterocycles. The normalized spacial score (nSPS) is 19.4. The van der Waals surface area contributed by atoms with Gasteiger partial charge in [-0.05, 0) is 37.8 Å². The lowest BCUT2D eigenvalue weighted by molar-refractivity contribution is -0.134. The Morgan fingerprint density at radius 1 is 1.03 bits per heavy atom. The number of rotatable bonds is 8. The Bertz CT molecular complexity index is 1150. The van der Waals surface area contributed by atoms with Gasteiger partial charge in [-0.2, -0.15) is 0 Å². The number of amides is 5. The van der Waals surface area contributed by atoms with Crippen molar-refractivity contribution in [1.82, 2.24) is 10.2 Å². The van der Waals surface area contributed by atoms with Crippen molar-refractivity contribution in [3.63, 3.8) is 0 Å². The van der Waals surface area contributed by atoms with Gasteiger partial charge in [-0.25, -0.2) is 4.79 Å². The number of urea groups is 1. The Morgan fingerprint density at radius 2 is 1.62 bits per heavy atom. The van der Waals surface area contributed by atoms with Gasteiger partial charge in [-0.1, -0.05) is 18.2 Å². The number of anilines is 2. The van der Waals surface area contributed by atoms with Crippen molar-refractivity contribution >= 4 is 35.1 Å². The Morgan fingerprint density at radius 3 is 2.18 bits per heavy atom. The third-order valence-electron chi connectivity index (χ3n) is 6.08. The number of benzene rings is 2. The molecule has 0 spiro atoms. The van der Waals surface area contributed by atoms with E-state index in [-0.39, 0.29) is 29.0 Å². The van der Waals surface area contributed by atoms with Gasteiger partial charge in [-0.3, -0.25) is 19.3 Å². The third-order valence-corrected chi connectivity index (χ3v) is 6.08. The highest BCUT2D eigenvalue weighted by molar-refractivity contribution is 6.10. The second-order valence-corrected chi connectivity index (χ2v) is 8.42. The van der Waals surface area contributed by atoms with E-state index in [4.69, 9.17) is 9.47 Å². The summed E-state index contributed by atoms with van der Waals surface area (Å²) in [6.07, 6.45) is 1.74. The summed E-state index contributed by atoms with van der Waals surface area (Å²) in [6.45, 7) is 1.25. The number of ether oxygens (including phenoxy) is 2. The second-order valence-electron chi connectivity index (χ2n) is 8.42. The van der Waals surface area contributed by atoms with Crippen molar-refractivity contribution in [3.05, 3.63) is 48.0 Å². The number of hydrogen-bond acceptors (Lipinski definition) is 6. The molecule has 0 aromatic heterocycles. The summed E-state index contributed by atoms with van der Waals surface area (Å²) in [7, 11) is 2.84. The van der Waals surface area contributed by atoms with E-state index >= 15 is 0 Å². The minimum atomic E-state index is -0.961. The van der Waals surface area contributed by atoms with E-state index in [1.54, 1.807) is 31.2 Å². The van der Waals surface area contributed by atoms with Crippen molar-refractivity contribution in [2.75, 3.05) is 31.4 Å². The summed E-state index contributed by atoms with van der Waals surface area (Å²) in [6, 6.07) is 11.1.